The lowest BCUT2D eigenvalue weighted by Crippen LogP contribution is -2.34. The molecular weight excluding hydrogens is 332 g/mol. The zero-order valence-corrected chi connectivity index (χ0v) is 13.5. The minimum absolute atomic E-state index is 0.209. The lowest BCUT2D eigenvalue weighted by atomic mass is 10.3. The van der Waals surface area contributed by atoms with Crippen LogP contribution in [0.15, 0.2) is 46.0 Å². The minimum Gasteiger partial charge on any atom is -0.325 e. The van der Waals surface area contributed by atoms with Gasteiger partial charge in [0.15, 0.2) is 0 Å². The van der Waals surface area contributed by atoms with E-state index in [2.05, 4.69) is 5.32 Å². The summed E-state index contributed by atoms with van der Waals surface area (Å²) in [6.07, 6.45) is 0. The summed E-state index contributed by atoms with van der Waals surface area (Å²) in [6.45, 7) is -0.271. The van der Waals surface area contributed by atoms with Crippen molar-refractivity contribution >= 4 is 44.6 Å². The van der Waals surface area contributed by atoms with Crippen molar-refractivity contribution in [2.75, 3.05) is 18.9 Å². The summed E-state index contributed by atoms with van der Waals surface area (Å²) in [4.78, 5) is 11.9. The van der Waals surface area contributed by atoms with Gasteiger partial charge in [-0.1, -0.05) is 23.7 Å². The molecule has 2 aromatic rings. The average molecular weight is 345 g/mol. The van der Waals surface area contributed by atoms with Crippen LogP contribution in [0.5, 0.6) is 0 Å². The van der Waals surface area contributed by atoms with Crippen LogP contribution in [0.25, 0.3) is 0 Å². The topological polar surface area (TPSA) is 66.5 Å². The summed E-state index contributed by atoms with van der Waals surface area (Å²) in [5.74, 6) is -0.431. The van der Waals surface area contributed by atoms with E-state index in [-0.39, 0.29) is 10.8 Å². The Kier molecular flexibility index (Phi) is 5.00. The maximum absolute atomic E-state index is 12.2. The van der Waals surface area contributed by atoms with E-state index < -0.39 is 15.9 Å². The molecule has 1 aromatic carbocycles. The molecule has 0 unspecified atom stereocenters. The Hall–Kier alpha value is -1.41. The third-order valence-corrected chi connectivity index (χ3v) is 6.05. The molecule has 0 bridgehead atoms. The van der Waals surface area contributed by atoms with Crippen molar-refractivity contribution in [1.82, 2.24) is 4.31 Å². The first-order valence-electron chi connectivity index (χ1n) is 5.95. The van der Waals surface area contributed by atoms with Crippen molar-refractivity contribution in [2.45, 2.75) is 4.21 Å². The van der Waals surface area contributed by atoms with Crippen LogP contribution >= 0.6 is 22.9 Å². The van der Waals surface area contributed by atoms with E-state index in [1.165, 1.54) is 13.1 Å². The van der Waals surface area contributed by atoms with E-state index in [1.54, 1.807) is 35.7 Å². The Balaban J connectivity index is 2.03. The quantitative estimate of drug-likeness (QED) is 0.906. The number of benzene rings is 1. The van der Waals surface area contributed by atoms with E-state index in [0.29, 0.717) is 10.7 Å². The Morgan fingerprint density at radius 3 is 2.71 bits per heavy atom. The molecule has 1 heterocycles. The maximum Gasteiger partial charge on any atom is 0.252 e. The number of carbonyl (C=O) groups is 1. The van der Waals surface area contributed by atoms with Gasteiger partial charge in [0.2, 0.25) is 5.91 Å². The van der Waals surface area contributed by atoms with E-state index in [9.17, 15) is 13.2 Å². The molecular formula is C13H13ClN2O3S2. The van der Waals surface area contributed by atoms with E-state index in [1.807, 2.05) is 0 Å². The highest BCUT2D eigenvalue weighted by molar-refractivity contribution is 7.91. The average Bonchev–Trinajstić information content (AvgIpc) is 2.92. The number of hydrogen-bond acceptors (Lipinski definition) is 4. The number of likely N-dealkylation sites (N-methyl/N-ethyl adjacent to an activating group) is 1. The molecule has 1 amide bonds. The van der Waals surface area contributed by atoms with Crippen LogP contribution in [0.4, 0.5) is 5.69 Å². The van der Waals surface area contributed by atoms with Gasteiger partial charge in [-0.2, -0.15) is 4.31 Å². The number of carbonyl (C=O) groups excluding carboxylic acids is 1. The van der Waals surface area contributed by atoms with Gasteiger partial charge in [0, 0.05) is 17.8 Å². The molecule has 8 heteroatoms. The van der Waals surface area contributed by atoms with Gasteiger partial charge in [0.1, 0.15) is 4.21 Å². The number of hydrogen-bond donors (Lipinski definition) is 1. The van der Waals surface area contributed by atoms with E-state index in [4.69, 9.17) is 11.6 Å². The number of sulfonamides is 1. The summed E-state index contributed by atoms with van der Waals surface area (Å²) in [5, 5.41) is 4.77. The van der Waals surface area contributed by atoms with Crippen molar-refractivity contribution in [3.63, 3.8) is 0 Å². The van der Waals surface area contributed by atoms with E-state index >= 15 is 0 Å². The number of nitrogens with one attached hydrogen (secondary N) is 1. The highest BCUT2D eigenvalue weighted by Gasteiger charge is 2.23. The Labute approximate surface area is 132 Å². The molecule has 0 aliphatic rings. The van der Waals surface area contributed by atoms with Crippen molar-refractivity contribution in [2.24, 2.45) is 0 Å². The van der Waals surface area contributed by atoms with Crippen LogP contribution in [-0.4, -0.2) is 32.2 Å². The van der Waals surface area contributed by atoms with Crippen molar-refractivity contribution in [1.29, 1.82) is 0 Å². The van der Waals surface area contributed by atoms with Gasteiger partial charge < -0.3 is 5.32 Å². The van der Waals surface area contributed by atoms with Crippen LogP contribution in [0, 0.1) is 0 Å². The van der Waals surface area contributed by atoms with Crippen molar-refractivity contribution < 1.29 is 13.2 Å². The Bertz CT molecular complexity index is 730. The lowest BCUT2D eigenvalue weighted by molar-refractivity contribution is -0.116. The first-order chi connectivity index (χ1) is 9.89. The Morgan fingerprint density at radius 1 is 1.33 bits per heavy atom. The highest BCUT2D eigenvalue weighted by Crippen LogP contribution is 2.20. The Morgan fingerprint density at radius 2 is 2.10 bits per heavy atom. The summed E-state index contributed by atoms with van der Waals surface area (Å²) in [6, 6.07) is 9.81. The molecule has 112 valence electrons. The van der Waals surface area contributed by atoms with Crippen molar-refractivity contribution in [3.05, 3.63) is 46.8 Å². The van der Waals surface area contributed by atoms with Gasteiger partial charge in [-0.15, -0.1) is 11.3 Å². The number of rotatable bonds is 5. The van der Waals surface area contributed by atoms with Crippen molar-refractivity contribution in [3.8, 4) is 0 Å². The predicted octanol–water partition coefficient (Wildman–Crippen LogP) is 2.66. The maximum atomic E-state index is 12.2. The van der Waals surface area contributed by atoms with Gasteiger partial charge in [-0.05, 0) is 29.6 Å². The molecule has 1 N–H and O–H groups in total. The highest BCUT2D eigenvalue weighted by atomic mass is 35.5. The molecule has 0 aliphatic heterocycles. The fourth-order valence-electron chi connectivity index (χ4n) is 1.62. The first kappa shape index (κ1) is 16.0. The molecule has 0 saturated heterocycles. The van der Waals surface area contributed by atoms with E-state index in [0.717, 1.165) is 15.6 Å². The second-order valence-corrected chi connectivity index (χ2v) is 7.91. The van der Waals surface area contributed by atoms with Crippen LogP contribution in [-0.2, 0) is 14.8 Å². The SMILES string of the molecule is CN(CC(=O)Nc1cccc(Cl)c1)S(=O)(=O)c1cccs1. The zero-order valence-electron chi connectivity index (χ0n) is 11.1. The van der Waals surface area contributed by atoms with Gasteiger partial charge in [-0.25, -0.2) is 8.42 Å². The fourth-order valence-corrected chi connectivity index (χ4v) is 4.14. The minimum atomic E-state index is -3.63. The van der Waals surface area contributed by atoms with Gasteiger partial charge in [0.25, 0.3) is 10.0 Å². The number of anilines is 1. The van der Waals surface area contributed by atoms with Crippen LogP contribution in [0.3, 0.4) is 0 Å². The number of halogens is 1. The largest absolute Gasteiger partial charge is 0.325 e. The zero-order chi connectivity index (χ0) is 15.5. The first-order valence-corrected chi connectivity index (χ1v) is 8.64. The molecule has 2 rings (SSSR count). The molecule has 0 fully saturated rings. The van der Waals surface area contributed by atoms with Gasteiger partial charge in [0.05, 0.1) is 6.54 Å². The molecule has 1 aromatic heterocycles. The summed E-state index contributed by atoms with van der Waals surface area (Å²) in [5.41, 5.74) is 0.523. The summed E-state index contributed by atoms with van der Waals surface area (Å²) >= 11 is 6.93. The smallest absolute Gasteiger partial charge is 0.252 e. The predicted molar refractivity (Wildman–Crippen MR) is 84.2 cm³/mol. The summed E-state index contributed by atoms with van der Waals surface area (Å²) in [7, 11) is -2.26. The van der Waals surface area contributed by atoms with Gasteiger partial charge >= 0.3 is 0 Å². The number of thiophene rings is 1. The number of amides is 1. The number of nitrogens with zero attached hydrogens (tertiary/aromatic N) is 1. The monoisotopic (exact) mass is 344 g/mol. The van der Waals surface area contributed by atoms with Crippen LogP contribution in [0.1, 0.15) is 0 Å². The molecule has 5 nitrogen and oxygen atoms in total. The van der Waals surface area contributed by atoms with Gasteiger partial charge in [-0.3, -0.25) is 4.79 Å². The third kappa shape index (κ3) is 4.04. The molecule has 0 spiro atoms. The summed E-state index contributed by atoms with van der Waals surface area (Å²) < 4.78 is 25.6. The van der Waals surface area contributed by atoms with Crippen LogP contribution in [0.2, 0.25) is 5.02 Å². The third-order valence-electron chi connectivity index (χ3n) is 2.63. The molecule has 0 atom stereocenters. The second-order valence-electron chi connectivity index (χ2n) is 4.25. The molecule has 0 radical (unpaired) electrons. The molecule has 0 saturated carbocycles. The molecule has 21 heavy (non-hydrogen) atoms. The second kappa shape index (κ2) is 6.57. The fraction of sp³-hybridized carbons (Fsp3) is 0.154. The normalized spacial score (nSPS) is 11.6. The standard InChI is InChI=1S/C13H13ClN2O3S2/c1-16(21(18,19)13-6-3-7-20-13)9-12(17)15-11-5-2-4-10(14)8-11/h2-8H,9H2,1H3,(H,15,17). The molecule has 0 aliphatic carbocycles. The lowest BCUT2D eigenvalue weighted by Gasteiger charge is -2.15. The van der Waals surface area contributed by atoms with Crippen LogP contribution < -0.4 is 5.32 Å².